The Morgan fingerprint density at radius 3 is 2.65 bits per heavy atom. The molecule has 0 aliphatic carbocycles. The number of carbonyl (C=O) groups is 1. The summed E-state index contributed by atoms with van der Waals surface area (Å²) in [4.78, 5) is 29.8. The van der Waals surface area contributed by atoms with Crippen LogP contribution in [-0.4, -0.2) is 41.0 Å². The van der Waals surface area contributed by atoms with Gasteiger partial charge in [0, 0.05) is 13.2 Å². The Morgan fingerprint density at radius 1 is 1.31 bits per heavy atom. The van der Waals surface area contributed by atoms with Crippen LogP contribution < -0.4 is 10.9 Å². The molecule has 0 spiro atoms. The molecule has 1 aromatic carbocycles. The SMILES string of the molecule is CCC(CC)NC(=O)CSc1nc2ccccc2c(=O)n1C(C)COC. The Morgan fingerprint density at radius 2 is 2.00 bits per heavy atom. The third-order valence-electron chi connectivity index (χ3n) is 4.31. The molecule has 26 heavy (non-hydrogen) atoms. The zero-order valence-electron chi connectivity index (χ0n) is 15.8. The average Bonchev–Trinajstić information content (AvgIpc) is 2.64. The zero-order valence-corrected chi connectivity index (χ0v) is 16.6. The van der Waals surface area contributed by atoms with Crippen molar-refractivity contribution >= 4 is 28.6 Å². The van der Waals surface area contributed by atoms with E-state index in [9.17, 15) is 9.59 Å². The van der Waals surface area contributed by atoms with Crippen LogP contribution in [0.5, 0.6) is 0 Å². The van der Waals surface area contributed by atoms with Crippen molar-refractivity contribution in [3.63, 3.8) is 0 Å². The quantitative estimate of drug-likeness (QED) is 0.537. The van der Waals surface area contributed by atoms with Gasteiger partial charge in [0.2, 0.25) is 5.91 Å². The van der Waals surface area contributed by atoms with Crippen LogP contribution in [0.25, 0.3) is 10.9 Å². The number of carbonyl (C=O) groups excluding carboxylic acids is 1. The standard InChI is InChI=1S/C19H27N3O3S/c1-5-14(6-2)20-17(23)12-26-19-21-16-10-8-7-9-15(16)18(24)22(19)13(3)11-25-4/h7-10,13-14H,5-6,11-12H2,1-4H3,(H,20,23). The second-order valence-corrected chi connectivity index (χ2v) is 7.20. The maximum absolute atomic E-state index is 12.9. The number of thioether (sulfide) groups is 1. The Hall–Kier alpha value is -1.86. The van der Waals surface area contributed by atoms with E-state index in [1.165, 1.54) is 11.8 Å². The lowest BCUT2D eigenvalue weighted by molar-refractivity contribution is -0.119. The second-order valence-electron chi connectivity index (χ2n) is 6.26. The molecular formula is C19H27N3O3S. The van der Waals surface area contributed by atoms with Gasteiger partial charge in [-0.15, -0.1) is 0 Å². The van der Waals surface area contributed by atoms with E-state index in [0.717, 1.165) is 12.8 Å². The van der Waals surface area contributed by atoms with E-state index in [4.69, 9.17) is 4.74 Å². The highest BCUT2D eigenvalue weighted by Crippen LogP contribution is 2.21. The fourth-order valence-corrected chi connectivity index (χ4v) is 3.73. The van der Waals surface area contributed by atoms with Gasteiger partial charge < -0.3 is 10.1 Å². The fraction of sp³-hybridized carbons (Fsp3) is 0.526. The molecule has 2 rings (SSSR count). The van der Waals surface area contributed by atoms with Crippen LogP contribution in [-0.2, 0) is 9.53 Å². The first-order valence-corrected chi connectivity index (χ1v) is 9.92. The Balaban J connectivity index is 2.31. The summed E-state index contributed by atoms with van der Waals surface area (Å²) in [5.41, 5.74) is 0.532. The van der Waals surface area contributed by atoms with Crippen molar-refractivity contribution in [2.24, 2.45) is 0 Å². The van der Waals surface area contributed by atoms with Crippen LogP contribution in [0, 0.1) is 0 Å². The monoisotopic (exact) mass is 377 g/mol. The lowest BCUT2D eigenvalue weighted by atomic mass is 10.2. The van der Waals surface area contributed by atoms with Crippen LogP contribution in [0.1, 0.15) is 39.7 Å². The molecule has 0 saturated carbocycles. The highest BCUT2D eigenvalue weighted by atomic mass is 32.2. The van der Waals surface area contributed by atoms with Crippen molar-refractivity contribution in [2.75, 3.05) is 19.5 Å². The zero-order chi connectivity index (χ0) is 19.1. The first-order valence-electron chi connectivity index (χ1n) is 8.94. The average molecular weight is 378 g/mol. The number of methoxy groups -OCH3 is 1. The predicted octanol–water partition coefficient (Wildman–Crippen LogP) is 3.00. The van der Waals surface area contributed by atoms with Gasteiger partial charge in [-0.2, -0.15) is 0 Å². The van der Waals surface area contributed by atoms with Crippen molar-refractivity contribution in [2.45, 2.75) is 50.9 Å². The minimum absolute atomic E-state index is 0.0444. The van der Waals surface area contributed by atoms with E-state index in [1.807, 2.05) is 25.1 Å². The minimum Gasteiger partial charge on any atom is -0.383 e. The number of nitrogens with one attached hydrogen (secondary N) is 1. The molecule has 0 aliphatic rings. The van der Waals surface area contributed by atoms with Crippen molar-refractivity contribution in [1.82, 2.24) is 14.9 Å². The number of benzene rings is 1. The molecule has 1 unspecified atom stereocenters. The van der Waals surface area contributed by atoms with Gasteiger partial charge in [0.1, 0.15) is 0 Å². The first-order chi connectivity index (χ1) is 12.5. The van der Waals surface area contributed by atoms with Gasteiger partial charge in [0.25, 0.3) is 5.56 Å². The molecule has 1 atom stereocenters. The van der Waals surface area contributed by atoms with E-state index in [-0.39, 0.29) is 29.3 Å². The lowest BCUT2D eigenvalue weighted by Crippen LogP contribution is -2.35. The van der Waals surface area contributed by atoms with Gasteiger partial charge in [-0.05, 0) is 31.9 Å². The maximum Gasteiger partial charge on any atom is 0.262 e. The number of ether oxygens (including phenoxy) is 1. The van der Waals surface area contributed by atoms with Gasteiger partial charge in [0.15, 0.2) is 5.16 Å². The molecule has 1 heterocycles. The number of para-hydroxylation sites is 1. The largest absolute Gasteiger partial charge is 0.383 e. The number of hydrogen-bond acceptors (Lipinski definition) is 5. The van der Waals surface area contributed by atoms with E-state index in [1.54, 1.807) is 17.7 Å². The molecule has 0 fully saturated rings. The van der Waals surface area contributed by atoms with Crippen LogP contribution in [0.3, 0.4) is 0 Å². The number of nitrogens with zero attached hydrogens (tertiary/aromatic N) is 2. The van der Waals surface area contributed by atoms with Crippen molar-refractivity contribution in [3.8, 4) is 0 Å². The van der Waals surface area contributed by atoms with Gasteiger partial charge >= 0.3 is 0 Å². The molecule has 2 aromatic rings. The van der Waals surface area contributed by atoms with Crippen molar-refractivity contribution < 1.29 is 9.53 Å². The summed E-state index contributed by atoms with van der Waals surface area (Å²) < 4.78 is 6.84. The Kier molecular flexibility index (Phi) is 7.66. The number of aromatic nitrogens is 2. The number of amides is 1. The normalized spacial score (nSPS) is 12.5. The number of rotatable bonds is 9. The summed E-state index contributed by atoms with van der Waals surface area (Å²) in [6.45, 7) is 6.41. The number of hydrogen-bond donors (Lipinski definition) is 1. The Labute approximate surface area is 158 Å². The van der Waals surface area contributed by atoms with Crippen molar-refractivity contribution in [1.29, 1.82) is 0 Å². The maximum atomic E-state index is 12.9. The first kappa shape index (κ1) is 20.5. The van der Waals surface area contributed by atoms with E-state index < -0.39 is 0 Å². The smallest absolute Gasteiger partial charge is 0.262 e. The highest BCUT2D eigenvalue weighted by molar-refractivity contribution is 7.99. The molecular weight excluding hydrogens is 350 g/mol. The predicted molar refractivity (Wildman–Crippen MR) is 106 cm³/mol. The van der Waals surface area contributed by atoms with Crippen LogP contribution >= 0.6 is 11.8 Å². The van der Waals surface area contributed by atoms with E-state index in [0.29, 0.717) is 22.7 Å². The van der Waals surface area contributed by atoms with E-state index >= 15 is 0 Å². The number of fused-ring (bicyclic) bond motifs is 1. The van der Waals surface area contributed by atoms with Crippen molar-refractivity contribution in [3.05, 3.63) is 34.6 Å². The third-order valence-corrected chi connectivity index (χ3v) is 5.26. The summed E-state index contributed by atoms with van der Waals surface area (Å²) >= 11 is 1.29. The Bertz CT molecular complexity index is 802. The molecule has 0 aliphatic heterocycles. The summed E-state index contributed by atoms with van der Waals surface area (Å²) in [6.07, 6.45) is 1.80. The highest BCUT2D eigenvalue weighted by Gasteiger charge is 2.18. The van der Waals surface area contributed by atoms with Crippen LogP contribution in [0.4, 0.5) is 0 Å². The summed E-state index contributed by atoms with van der Waals surface area (Å²) in [7, 11) is 1.60. The molecule has 1 amide bonds. The lowest BCUT2D eigenvalue weighted by Gasteiger charge is -2.19. The minimum atomic E-state index is -0.172. The van der Waals surface area contributed by atoms with Gasteiger partial charge in [-0.25, -0.2) is 4.98 Å². The summed E-state index contributed by atoms with van der Waals surface area (Å²) in [5, 5.41) is 4.12. The topological polar surface area (TPSA) is 73.2 Å². The molecule has 0 saturated heterocycles. The molecule has 7 heteroatoms. The third kappa shape index (κ3) is 4.86. The molecule has 1 N–H and O–H groups in total. The molecule has 0 bridgehead atoms. The molecule has 1 aromatic heterocycles. The van der Waals surface area contributed by atoms with Crippen LogP contribution in [0.15, 0.2) is 34.2 Å². The fourth-order valence-electron chi connectivity index (χ4n) is 2.82. The van der Waals surface area contributed by atoms with E-state index in [2.05, 4.69) is 24.1 Å². The van der Waals surface area contributed by atoms with Gasteiger partial charge in [0.05, 0.1) is 29.3 Å². The second kappa shape index (κ2) is 9.73. The molecule has 6 nitrogen and oxygen atoms in total. The van der Waals surface area contributed by atoms with Gasteiger partial charge in [-0.1, -0.05) is 37.7 Å². The molecule has 0 radical (unpaired) electrons. The molecule has 142 valence electrons. The summed E-state index contributed by atoms with van der Waals surface area (Å²) in [6, 6.07) is 7.28. The van der Waals surface area contributed by atoms with Gasteiger partial charge in [-0.3, -0.25) is 14.2 Å². The summed E-state index contributed by atoms with van der Waals surface area (Å²) in [5.74, 6) is 0.179. The van der Waals surface area contributed by atoms with Crippen LogP contribution in [0.2, 0.25) is 0 Å².